The van der Waals surface area contributed by atoms with Crippen molar-refractivity contribution in [2.75, 3.05) is 36.4 Å². The Bertz CT molecular complexity index is 669. The van der Waals surface area contributed by atoms with E-state index >= 15 is 0 Å². The number of anilines is 2. The van der Waals surface area contributed by atoms with E-state index in [-0.39, 0.29) is 18.3 Å². The summed E-state index contributed by atoms with van der Waals surface area (Å²) in [6, 6.07) is 11.5. The van der Waals surface area contributed by atoms with Gasteiger partial charge in [0.1, 0.15) is 5.82 Å². The Morgan fingerprint density at radius 1 is 1.21 bits per heavy atom. The largest absolute Gasteiger partial charge is 0.368 e. The van der Waals surface area contributed by atoms with E-state index in [2.05, 4.69) is 20.5 Å². The van der Waals surface area contributed by atoms with Crippen LogP contribution >= 0.6 is 12.4 Å². The van der Waals surface area contributed by atoms with Crippen LogP contribution in [0, 0.1) is 0 Å². The molecule has 1 aliphatic heterocycles. The van der Waals surface area contributed by atoms with Gasteiger partial charge in [0.15, 0.2) is 0 Å². The molecule has 1 saturated heterocycles. The van der Waals surface area contributed by atoms with Crippen LogP contribution < -0.4 is 15.5 Å². The highest BCUT2D eigenvalue weighted by molar-refractivity contribution is 6.04. The quantitative estimate of drug-likeness (QED) is 0.893. The van der Waals surface area contributed by atoms with Crippen LogP contribution in [0.4, 0.5) is 11.5 Å². The molecule has 1 aliphatic rings. The van der Waals surface area contributed by atoms with Crippen molar-refractivity contribution in [1.82, 2.24) is 10.3 Å². The summed E-state index contributed by atoms with van der Waals surface area (Å²) >= 11 is 0. The molecule has 6 heteroatoms. The lowest BCUT2D eigenvalue weighted by Crippen LogP contribution is -2.43. The lowest BCUT2D eigenvalue weighted by Gasteiger charge is -2.29. The average molecular weight is 347 g/mol. The zero-order valence-electron chi connectivity index (χ0n) is 13.8. The molecule has 1 fully saturated rings. The maximum Gasteiger partial charge on any atom is 0.257 e. The first-order valence-corrected chi connectivity index (χ1v) is 8.09. The van der Waals surface area contributed by atoms with Crippen LogP contribution in [0.5, 0.6) is 0 Å². The van der Waals surface area contributed by atoms with E-state index in [0.29, 0.717) is 11.4 Å². The summed E-state index contributed by atoms with van der Waals surface area (Å²) in [5.74, 6) is 0.477. The second kappa shape index (κ2) is 8.66. The summed E-state index contributed by atoms with van der Waals surface area (Å²) in [5, 5.41) is 6.21. The van der Waals surface area contributed by atoms with Crippen molar-refractivity contribution in [3.63, 3.8) is 0 Å². The van der Waals surface area contributed by atoms with Gasteiger partial charge in [0, 0.05) is 31.7 Å². The van der Waals surface area contributed by atoms with E-state index in [1.807, 2.05) is 49.5 Å². The molecule has 2 heterocycles. The minimum Gasteiger partial charge on any atom is -0.368 e. The highest BCUT2D eigenvalue weighted by Gasteiger charge is 2.13. The predicted octanol–water partition coefficient (Wildman–Crippen LogP) is 2.73. The van der Waals surface area contributed by atoms with Crippen molar-refractivity contribution in [1.29, 1.82) is 0 Å². The molecule has 0 aliphatic carbocycles. The van der Waals surface area contributed by atoms with Crippen molar-refractivity contribution in [3.05, 3.63) is 53.7 Å². The van der Waals surface area contributed by atoms with Crippen molar-refractivity contribution < 1.29 is 4.79 Å². The molecular weight excluding hydrogens is 324 g/mol. The summed E-state index contributed by atoms with van der Waals surface area (Å²) in [6.45, 7) is 6.00. The Labute approximate surface area is 148 Å². The molecular formula is C18H23ClN4O. The van der Waals surface area contributed by atoms with Gasteiger partial charge < -0.3 is 15.5 Å². The van der Waals surface area contributed by atoms with Crippen molar-refractivity contribution in [2.24, 2.45) is 0 Å². The normalized spacial score (nSPS) is 14.0. The van der Waals surface area contributed by atoms with E-state index in [0.717, 1.165) is 43.9 Å². The van der Waals surface area contributed by atoms with Gasteiger partial charge in [-0.25, -0.2) is 4.98 Å². The van der Waals surface area contributed by atoms with Gasteiger partial charge in [-0.05, 0) is 30.2 Å². The number of nitrogens with zero attached hydrogens (tertiary/aromatic N) is 2. The van der Waals surface area contributed by atoms with Gasteiger partial charge in [-0.1, -0.05) is 25.1 Å². The van der Waals surface area contributed by atoms with Crippen molar-refractivity contribution >= 4 is 29.8 Å². The average Bonchev–Trinajstić information content (AvgIpc) is 2.63. The minimum absolute atomic E-state index is 0. The number of rotatable bonds is 4. The van der Waals surface area contributed by atoms with Gasteiger partial charge in [-0.3, -0.25) is 4.79 Å². The van der Waals surface area contributed by atoms with E-state index in [1.54, 1.807) is 0 Å². The summed E-state index contributed by atoms with van der Waals surface area (Å²) in [6.07, 6.45) is 2.66. The summed E-state index contributed by atoms with van der Waals surface area (Å²) in [4.78, 5) is 19.1. The maximum atomic E-state index is 12.4. The number of carbonyl (C=O) groups excluding carboxylic acids is 1. The Hall–Kier alpha value is -2.11. The summed E-state index contributed by atoms with van der Waals surface area (Å²) in [7, 11) is 0. The zero-order chi connectivity index (χ0) is 16.1. The molecule has 128 valence electrons. The fourth-order valence-electron chi connectivity index (χ4n) is 2.80. The van der Waals surface area contributed by atoms with Crippen LogP contribution in [0.2, 0.25) is 0 Å². The molecule has 2 aromatic rings. The third kappa shape index (κ3) is 4.24. The number of aryl methyl sites for hydroxylation is 1. The molecule has 1 amide bonds. The predicted molar refractivity (Wildman–Crippen MR) is 100 cm³/mol. The second-order valence-electron chi connectivity index (χ2n) is 5.60. The van der Waals surface area contributed by atoms with E-state index in [1.165, 1.54) is 0 Å². The number of hydrogen-bond acceptors (Lipinski definition) is 4. The summed E-state index contributed by atoms with van der Waals surface area (Å²) in [5.41, 5.74) is 2.85. The number of halogens is 1. The molecule has 0 bridgehead atoms. The standard InChI is InChI=1S/C18H22N4O.ClH/c1-2-14-5-3-4-6-16(14)18(23)21-17-8-7-15(13-20-17)22-11-9-19-10-12-22;/h3-8,13,19H,2,9-12H2,1H3,(H,20,21,23);1H. The maximum absolute atomic E-state index is 12.4. The number of pyridine rings is 1. The molecule has 0 radical (unpaired) electrons. The van der Waals surface area contributed by atoms with Gasteiger partial charge in [-0.15, -0.1) is 12.4 Å². The lowest BCUT2D eigenvalue weighted by molar-refractivity contribution is 0.102. The Morgan fingerprint density at radius 3 is 2.62 bits per heavy atom. The van der Waals surface area contributed by atoms with E-state index in [4.69, 9.17) is 0 Å². The van der Waals surface area contributed by atoms with Gasteiger partial charge in [0.05, 0.1) is 11.9 Å². The first-order chi connectivity index (χ1) is 11.3. The Morgan fingerprint density at radius 2 is 1.96 bits per heavy atom. The molecule has 2 N–H and O–H groups in total. The third-order valence-electron chi connectivity index (χ3n) is 4.11. The molecule has 1 aromatic heterocycles. The van der Waals surface area contributed by atoms with Crippen LogP contribution in [0.25, 0.3) is 0 Å². The SMILES string of the molecule is CCc1ccccc1C(=O)Nc1ccc(N2CCNCC2)cn1.Cl. The zero-order valence-corrected chi connectivity index (χ0v) is 14.6. The Balaban J connectivity index is 0.00000208. The third-order valence-corrected chi connectivity index (χ3v) is 4.11. The molecule has 0 spiro atoms. The van der Waals surface area contributed by atoms with Crippen LogP contribution in [-0.4, -0.2) is 37.1 Å². The first-order valence-electron chi connectivity index (χ1n) is 8.09. The van der Waals surface area contributed by atoms with Crippen LogP contribution in [0.15, 0.2) is 42.6 Å². The van der Waals surface area contributed by atoms with E-state index in [9.17, 15) is 4.79 Å². The molecule has 3 rings (SSSR count). The summed E-state index contributed by atoms with van der Waals surface area (Å²) < 4.78 is 0. The minimum atomic E-state index is -0.107. The van der Waals surface area contributed by atoms with E-state index < -0.39 is 0 Å². The number of piperazine rings is 1. The molecule has 0 atom stereocenters. The topological polar surface area (TPSA) is 57.3 Å². The number of hydrogen-bond donors (Lipinski definition) is 2. The molecule has 5 nitrogen and oxygen atoms in total. The van der Waals surface area contributed by atoms with Gasteiger partial charge >= 0.3 is 0 Å². The molecule has 0 unspecified atom stereocenters. The van der Waals surface area contributed by atoms with Crippen LogP contribution in [0.3, 0.4) is 0 Å². The molecule has 0 saturated carbocycles. The van der Waals surface area contributed by atoms with Crippen LogP contribution in [0.1, 0.15) is 22.8 Å². The van der Waals surface area contributed by atoms with Gasteiger partial charge in [0.2, 0.25) is 0 Å². The number of aromatic nitrogens is 1. The monoisotopic (exact) mass is 346 g/mol. The fourth-order valence-corrected chi connectivity index (χ4v) is 2.80. The fraction of sp³-hybridized carbons (Fsp3) is 0.333. The van der Waals surface area contributed by atoms with Gasteiger partial charge in [0.25, 0.3) is 5.91 Å². The highest BCUT2D eigenvalue weighted by Crippen LogP contribution is 2.17. The molecule has 1 aromatic carbocycles. The van der Waals surface area contributed by atoms with Crippen LogP contribution in [-0.2, 0) is 6.42 Å². The second-order valence-corrected chi connectivity index (χ2v) is 5.60. The number of carbonyl (C=O) groups is 1. The first kappa shape index (κ1) is 18.2. The van der Waals surface area contributed by atoms with Crippen molar-refractivity contribution in [2.45, 2.75) is 13.3 Å². The Kier molecular flexibility index (Phi) is 6.58. The van der Waals surface area contributed by atoms with Gasteiger partial charge in [-0.2, -0.15) is 0 Å². The highest BCUT2D eigenvalue weighted by atomic mass is 35.5. The lowest BCUT2D eigenvalue weighted by atomic mass is 10.0. The number of amides is 1. The smallest absolute Gasteiger partial charge is 0.257 e. The van der Waals surface area contributed by atoms with Crippen molar-refractivity contribution in [3.8, 4) is 0 Å². The number of nitrogens with one attached hydrogen (secondary N) is 2. The molecule has 24 heavy (non-hydrogen) atoms. The number of benzene rings is 1.